The van der Waals surface area contributed by atoms with Crippen LogP contribution in [0.2, 0.25) is 0 Å². The Kier molecular flexibility index (Phi) is 4.42. The van der Waals surface area contributed by atoms with Crippen molar-refractivity contribution < 1.29 is 9.47 Å². The average Bonchev–Trinajstić information content (AvgIpc) is 2.26. The van der Waals surface area contributed by atoms with E-state index < -0.39 is 0 Å². The van der Waals surface area contributed by atoms with Crippen molar-refractivity contribution in [1.29, 1.82) is 0 Å². The Bertz CT molecular complexity index is 366. The molecule has 0 aromatic heterocycles. The Morgan fingerprint density at radius 2 is 2.29 bits per heavy atom. The predicted octanol–water partition coefficient (Wildman–Crippen LogP) is 2.45. The van der Waals surface area contributed by atoms with Gasteiger partial charge in [-0.2, -0.15) is 0 Å². The first-order valence-corrected chi connectivity index (χ1v) is 6.64. The minimum absolute atomic E-state index is 0.329. The van der Waals surface area contributed by atoms with E-state index in [9.17, 15) is 0 Å². The van der Waals surface area contributed by atoms with E-state index in [0.717, 1.165) is 36.5 Å². The second-order valence-corrected chi connectivity index (χ2v) is 5.70. The Hall–Kier alpha value is -0.580. The molecule has 4 heteroatoms. The van der Waals surface area contributed by atoms with Crippen LogP contribution in [0.3, 0.4) is 0 Å². The van der Waals surface area contributed by atoms with Crippen molar-refractivity contribution in [2.45, 2.75) is 6.92 Å². The van der Waals surface area contributed by atoms with Gasteiger partial charge in [-0.25, -0.2) is 0 Å². The molecule has 1 N–H and O–H groups in total. The molecule has 0 saturated carbocycles. The van der Waals surface area contributed by atoms with E-state index in [1.807, 2.05) is 24.3 Å². The van der Waals surface area contributed by atoms with Gasteiger partial charge in [0.15, 0.2) is 0 Å². The van der Waals surface area contributed by atoms with Gasteiger partial charge in [-0.15, -0.1) is 0 Å². The Morgan fingerprint density at radius 3 is 2.94 bits per heavy atom. The molecule has 1 heterocycles. The highest BCUT2D eigenvalue weighted by Crippen LogP contribution is 2.24. The molecule has 0 unspecified atom stereocenters. The summed E-state index contributed by atoms with van der Waals surface area (Å²) in [4.78, 5) is 0. The van der Waals surface area contributed by atoms with Crippen LogP contribution in [-0.2, 0) is 4.74 Å². The Morgan fingerprint density at radius 1 is 1.47 bits per heavy atom. The molecule has 3 nitrogen and oxygen atoms in total. The Balaban J connectivity index is 1.60. The molecule has 0 atom stereocenters. The average molecular weight is 300 g/mol. The molecule has 1 aliphatic heterocycles. The summed E-state index contributed by atoms with van der Waals surface area (Å²) in [6.45, 7) is 6.52. The van der Waals surface area contributed by atoms with E-state index in [-0.39, 0.29) is 0 Å². The third-order valence-electron chi connectivity index (χ3n) is 2.80. The van der Waals surface area contributed by atoms with Crippen LogP contribution < -0.4 is 10.1 Å². The lowest BCUT2D eigenvalue weighted by atomic mass is 9.89. The van der Waals surface area contributed by atoms with Gasteiger partial charge in [0.2, 0.25) is 0 Å². The number of hydrogen-bond acceptors (Lipinski definition) is 3. The van der Waals surface area contributed by atoms with E-state index in [0.29, 0.717) is 12.0 Å². The number of halogens is 1. The van der Waals surface area contributed by atoms with Crippen molar-refractivity contribution in [3.63, 3.8) is 0 Å². The second kappa shape index (κ2) is 5.85. The standard InChI is InChI=1S/C13H18BrNO2/c1-13(9-16-10-13)8-15-5-6-17-12-4-2-3-11(14)7-12/h2-4,7,15H,5-6,8-10H2,1H3. The predicted molar refractivity (Wildman–Crippen MR) is 71.4 cm³/mol. The molecule has 0 aliphatic carbocycles. The van der Waals surface area contributed by atoms with Gasteiger partial charge in [0.25, 0.3) is 0 Å². The first kappa shape index (κ1) is 12.9. The summed E-state index contributed by atoms with van der Waals surface area (Å²) < 4.78 is 11.9. The number of hydrogen-bond donors (Lipinski definition) is 1. The van der Waals surface area contributed by atoms with Crippen LogP contribution in [-0.4, -0.2) is 32.9 Å². The molecule has 1 aromatic carbocycles. The minimum atomic E-state index is 0.329. The maximum absolute atomic E-state index is 5.63. The van der Waals surface area contributed by atoms with Crippen LogP contribution in [0.1, 0.15) is 6.92 Å². The van der Waals surface area contributed by atoms with Gasteiger partial charge >= 0.3 is 0 Å². The molecule has 0 bridgehead atoms. The van der Waals surface area contributed by atoms with Crippen LogP contribution in [0.25, 0.3) is 0 Å². The van der Waals surface area contributed by atoms with Crippen LogP contribution in [0, 0.1) is 5.41 Å². The van der Waals surface area contributed by atoms with Gasteiger partial charge in [-0.05, 0) is 18.2 Å². The van der Waals surface area contributed by atoms with E-state index in [4.69, 9.17) is 9.47 Å². The van der Waals surface area contributed by atoms with Gasteiger partial charge in [-0.3, -0.25) is 0 Å². The van der Waals surface area contributed by atoms with Crippen molar-refractivity contribution in [2.24, 2.45) is 5.41 Å². The molecule has 0 amide bonds. The van der Waals surface area contributed by atoms with E-state index in [1.165, 1.54) is 0 Å². The molecule has 0 radical (unpaired) electrons. The van der Waals surface area contributed by atoms with E-state index >= 15 is 0 Å². The second-order valence-electron chi connectivity index (χ2n) is 4.79. The van der Waals surface area contributed by atoms with Crippen LogP contribution in [0.5, 0.6) is 5.75 Å². The summed E-state index contributed by atoms with van der Waals surface area (Å²) in [5.41, 5.74) is 0.329. The molecular weight excluding hydrogens is 282 g/mol. The lowest BCUT2D eigenvalue weighted by Gasteiger charge is -2.38. The zero-order chi connectivity index (χ0) is 12.1. The highest BCUT2D eigenvalue weighted by atomic mass is 79.9. The molecular formula is C13H18BrNO2. The summed E-state index contributed by atoms with van der Waals surface area (Å²) in [7, 11) is 0. The molecule has 1 aromatic rings. The van der Waals surface area contributed by atoms with Gasteiger partial charge in [-0.1, -0.05) is 28.9 Å². The third kappa shape index (κ3) is 3.98. The number of rotatable bonds is 6. The molecule has 1 saturated heterocycles. The van der Waals surface area contributed by atoms with Gasteiger partial charge in [0, 0.05) is 23.0 Å². The maximum Gasteiger partial charge on any atom is 0.120 e. The summed E-state index contributed by atoms with van der Waals surface area (Å²) in [6, 6.07) is 7.90. The summed E-state index contributed by atoms with van der Waals surface area (Å²) in [6.07, 6.45) is 0. The maximum atomic E-state index is 5.63. The van der Waals surface area contributed by atoms with Crippen LogP contribution >= 0.6 is 15.9 Å². The van der Waals surface area contributed by atoms with Crippen molar-refractivity contribution in [3.05, 3.63) is 28.7 Å². The highest BCUT2D eigenvalue weighted by molar-refractivity contribution is 9.10. The molecule has 1 aliphatic rings. The molecule has 94 valence electrons. The zero-order valence-corrected chi connectivity index (χ0v) is 11.6. The largest absolute Gasteiger partial charge is 0.492 e. The fourth-order valence-corrected chi connectivity index (χ4v) is 2.12. The minimum Gasteiger partial charge on any atom is -0.492 e. The monoisotopic (exact) mass is 299 g/mol. The van der Waals surface area contributed by atoms with Crippen molar-refractivity contribution >= 4 is 15.9 Å². The molecule has 17 heavy (non-hydrogen) atoms. The first-order chi connectivity index (χ1) is 8.18. The molecule has 2 rings (SSSR count). The zero-order valence-electron chi connectivity index (χ0n) is 10.0. The fraction of sp³-hybridized carbons (Fsp3) is 0.538. The lowest BCUT2D eigenvalue weighted by molar-refractivity contribution is -0.0990. The SMILES string of the molecule is CC1(CNCCOc2cccc(Br)c2)COC1. The summed E-state index contributed by atoms with van der Waals surface area (Å²) >= 11 is 3.42. The highest BCUT2D eigenvalue weighted by Gasteiger charge is 2.32. The van der Waals surface area contributed by atoms with Gasteiger partial charge in [0.05, 0.1) is 13.2 Å². The van der Waals surface area contributed by atoms with Gasteiger partial charge < -0.3 is 14.8 Å². The Labute approximate surface area is 111 Å². The summed E-state index contributed by atoms with van der Waals surface area (Å²) in [5, 5.41) is 3.40. The van der Waals surface area contributed by atoms with Crippen molar-refractivity contribution in [3.8, 4) is 5.75 Å². The third-order valence-corrected chi connectivity index (χ3v) is 3.29. The quantitative estimate of drug-likeness (QED) is 0.819. The van der Waals surface area contributed by atoms with E-state index in [2.05, 4.69) is 28.2 Å². The fourth-order valence-electron chi connectivity index (χ4n) is 1.74. The van der Waals surface area contributed by atoms with E-state index in [1.54, 1.807) is 0 Å². The molecule has 1 fully saturated rings. The number of benzene rings is 1. The summed E-state index contributed by atoms with van der Waals surface area (Å²) in [5.74, 6) is 0.902. The van der Waals surface area contributed by atoms with Gasteiger partial charge in [0.1, 0.15) is 12.4 Å². The lowest BCUT2D eigenvalue weighted by Crippen LogP contribution is -2.47. The normalized spacial score (nSPS) is 17.5. The number of ether oxygens (including phenoxy) is 2. The van der Waals surface area contributed by atoms with Crippen LogP contribution in [0.15, 0.2) is 28.7 Å². The van der Waals surface area contributed by atoms with Crippen molar-refractivity contribution in [1.82, 2.24) is 5.32 Å². The topological polar surface area (TPSA) is 30.5 Å². The van der Waals surface area contributed by atoms with Crippen molar-refractivity contribution in [2.75, 3.05) is 32.9 Å². The first-order valence-electron chi connectivity index (χ1n) is 5.85. The number of nitrogens with one attached hydrogen (secondary N) is 1. The van der Waals surface area contributed by atoms with Crippen LogP contribution in [0.4, 0.5) is 0 Å². The smallest absolute Gasteiger partial charge is 0.120 e. The molecule has 0 spiro atoms.